The summed E-state index contributed by atoms with van der Waals surface area (Å²) in [5, 5.41) is 0.423. The molecule has 0 fully saturated rings. The van der Waals surface area contributed by atoms with E-state index >= 15 is 0 Å². The third-order valence-electron chi connectivity index (χ3n) is 4.16. The average molecular weight is 507 g/mol. The molecule has 0 radical (unpaired) electrons. The Morgan fingerprint density at radius 2 is 1.70 bits per heavy atom. The second-order valence-electron chi connectivity index (χ2n) is 6.32. The number of hydrogen-bond acceptors (Lipinski definition) is 4. The second-order valence-corrected chi connectivity index (χ2v) is 7.99. The molecule has 0 saturated carbocycles. The van der Waals surface area contributed by atoms with Crippen LogP contribution in [0.4, 0.5) is 5.69 Å². The standard InChI is InChI=1S/C23H18BrCl2NO3/c1-2-15(10-14-6-4-3-5-7-14)23(28)30-17-12-19(25)22(20(26)13-17)29-16-8-9-21(27)18(24)11-16/h3-13H,2,27H2,1H3. The van der Waals surface area contributed by atoms with Gasteiger partial charge in [0.2, 0.25) is 0 Å². The van der Waals surface area contributed by atoms with Gasteiger partial charge in [-0.3, -0.25) is 0 Å². The van der Waals surface area contributed by atoms with E-state index in [1.54, 1.807) is 24.3 Å². The number of nitrogens with two attached hydrogens (primary N) is 1. The minimum Gasteiger partial charge on any atom is -0.454 e. The Balaban J connectivity index is 1.79. The number of hydrogen-bond donors (Lipinski definition) is 1. The van der Waals surface area contributed by atoms with Crippen molar-refractivity contribution in [3.05, 3.63) is 86.3 Å². The molecule has 0 unspecified atom stereocenters. The second kappa shape index (κ2) is 10.0. The van der Waals surface area contributed by atoms with Gasteiger partial charge in [-0.15, -0.1) is 0 Å². The van der Waals surface area contributed by atoms with Crippen molar-refractivity contribution in [3.63, 3.8) is 0 Å². The summed E-state index contributed by atoms with van der Waals surface area (Å²) in [4.78, 5) is 12.6. The highest BCUT2D eigenvalue weighted by atomic mass is 79.9. The normalized spacial score (nSPS) is 11.3. The SMILES string of the molecule is CCC(=Cc1ccccc1)C(=O)Oc1cc(Cl)c(Oc2ccc(N)c(Br)c2)c(Cl)c1. The highest BCUT2D eigenvalue weighted by Crippen LogP contribution is 2.40. The molecular formula is C23H18BrCl2NO3. The summed E-state index contributed by atoms with van der Waals surface area (Å²) < 4.78 is 12.0. The fourth-order valence-electron chi connectivity index (χ4n) is 2.61. The van der Waals surface area contributed by atoms with Gasteiger partial charge in [-0.25, -0.2) is 4.79 Å². The molecule has 154 valence electrons. The molecule has 0 atom stereocenters. The van der Waals surface area contributed by atoms with Gasteiger partial charge >= 0.3 is 5.97 Å². The molecule has 0 aromatic heterocycles. The summed E-state index contributed by atoms with van der Waals surface area (Å²) in [6.45, 7) is 1.89. The quantitative estimate of drug-likeness (QED) is 0.162. The summed E-state index contributed by atoms with van der Waals surface area (Å²) in [7, 11) is 0. The molecule has 0 bridgehead atoms. The van der Waals surface area contributed by atoms with Gasteiger partial charge in [0.25, 0.3) is 0 Å². The number of carbonyl (C=O) groups excluding carboxylic acids is 1. The maximum atomic E-state index is 12.6. The van der Waals surface area contributed by atoms with Gasteiger partial charge in [-0.1, -0.05) is 60.5 Å². The number of ether oxygens (including phenoxy) is 2. The first-order valence-electron chi connectivity index (χ1n) is 9.07. The zero-order valence-corrected chi connectivity index (χ0v) is 19.1. The number of anilines is 1. The number of benzene rings is 3. The molecule has 7 heteroatoms. The maximum Gasteiger partial charge on any atom is 0.339 e. The topological polar surface area (TPSA) is 61.5 Å². The molecule has 0 amide bonds. The number of halogens is 3. The van der Waals surface area contributed by atoms with Crippen LogP contribution in [0.5, 0.6) is 17.2 Å². The lowest BCUT2D eigenvalue weighted by atomic mass is 10.1. The fraction of sp³-hybridized carbons (Fsp3) is 0.0870. The van der Waals surface area contributed by atoms with Crippen molar-refractivity contribution in [2.45, 2.75) is 13.3 Å². The maximum absolute atomic E-state index is 12.6. The van der Waals surface area contributed by atoms with E-state index in [1.165, 1.54) is 12.1 Å². The van der Waals surface area contributed by atoms with Crippen molar-refractivity contribution < 1.29 is 14.3 Å². The Hall–Kier alpha value is -2.47. The molecule has 3 aromatic carbocycles. The van der Waals surface area contributed by atoms with Gasteiger partial charge < -0.3 is 15.2 Å². The molecule has 4 nitrogen and oxygen atoms in total. The lowest BCUT2D eigenvalue weighted by molar-refractivity contribution is -0.130. The summed E-state index contributed by atoms with van der Waals surface area (Å²) in [5.74, 6) is 0.520. The Morgan fingerprint density at radius 1 is 1.03 bits per heavy atom. The van der Waals surface area contributed by atoms with Gasteiger partial charge in [0, 0.05) is 27.9 Å². The van der Waals surface area contributed by atoms with Crippen LogP contribution in [0.3, 0.4) is 0 Å². The zero-order valence-electron chi connectivity index (χ0n) is 16.0. The van der Waals surface area contributed by atoms with Gasteiger partial charge in [-0.2, -0.15) is 0 Å². The van der Waals surface area contributed by atoms with E-state index in [0.717, 1.165) is 5.56 Å². The van der Waals surface area contributed by atoms with Crippen LogP contribution >= 0.6 is 39.1 Å². The molecule has 0 spiro atoms. The van der Waals surface area contributed by atoms with Crippen molar-refractivity contribution in [2.75, 3.05) is 5.73 Å². The van der Waals surface area contributed by atoms with Crippen LogP contribution in [0.25, 0.3) is 6.08 Å². The van der Waals surface area contributed by atoms with E-state index in [2.05, 4.69) is 15.9 Å². The molecule has 3 rings (SSSR count). The highest BCUT2D eigenvalue weighted by Gasteiger charge is 2.16. The van der Waals surface area contributed by atoms with Crippen molar-refractivity contribution in [3.8, 4) is 17.2 Å². The van der Waals surface area contributed by atoms with Crippen molar-refractivity contribution in [2.24, 2.45) is 0 Å². The largest absolute Gasteiger partial charge is 0.454 e. The first-order valence-corrected chi connectivity index (χ1v) is 10.6. The number of carbonyl (C=O) groups is 1. The van der Waals surface area contributed by atoms with E-state index in [-0.39, 0.29) is 21.5 Å². The van der Waals surface area contributed by atoms with Gasteiger partial charge in [0.15, 0.2) is 5.75 Å². The molecule has 3 aromatic rings. The molecule has 0 aliphatic rings. The highest BCUT2D eigenvalue weighted by molar-refractivity contribution is 9.10. The lowest BCUT2D eigenvalue weighted by Crippen LogP contribution is -2.11. The van der Waals surface area contributed by atoms with Crippen LogP contribution < -0.4 is 15.2 Å². The van der Waals surface area contributed by atoms with Crippen molar-refractivity contribution in [1.82, 2.24) is 0 Å². The summed E-state index contributed by atoms with van der Waals surface area (Å²) in [6, 6.07) is 17.6. The molecule has 0 aliphatic carbocycles. The minimum absolute atomic E-state index is 0.211. The van der Waals surface area contributed by atoms with Crippen LogP contribution in [0.15, 0.2) is 70.7 Å². The van der Waals surface area contributed by atoms with Crippen LogP contribution in [0.2, 0.25) is 10.0 Å². The minimum atomic E-state index is -0.468. The fourth-order valence-corrected chi connectivity index (χ4v) is 3.51. The third kappa shape index (κ3) is 5.57. The molecule has 0 aliphatic heterocycles. The first-order chi connectivity index (χ1) is 14.4. The van der Waals surface area contributed by atoms with E-state index < -0.39 is 5.97 Å². The van der Waals surface area contributed by atoms with E-state index in [1.807, 2.05) is 37.3 Å². The first kappa shape index (κ1) is 22.2. The molecular weight excluding hydrogens is 489 g/mol. The van der Waals surface area contributed by atoms with Gasteiger partial charge in [0.05, 0.1) is 10.0 Å². The number of rotatable bonds is 6. The average Bonchev–Trinajstić information content (AvgIpc) is 2.72. The summed E-state index contributed by atoms with van der Waals surface area (Å²) in [5.41, 5.74) is 7.81. The Bertz CT molecular complexity index is 1080. The summed E-state index contributed by atoms with van der Waals surface area (Å²) >= 11 is 16.0. The molecule has 0 saturated heterocycles. The van der Waals surface area contributed by atoms with E-state index in [0.29, 0.717) is 27.9 Å². The van der Waals surface area contributed by atoms with Gasteiger partial charge in [-0.05, 0) is 52.2 Å². The third-order valence-corrected chi connectivity index (χ3v) is 5.41. The monoisotopic (exact) mass is 505 g/mol. The van der Waals surface area contributed by atoms with Crippen LogP contribution in [-0.4, -0.2) is 5.97 Å². The van der Waals surface area contributed by atoms with Crippen molar-refractivity contribution in [1.29, 1.82) is 0 Å². The Morgan fingerprint density at radius 3 is 2.30 bits per heavy atom. The van der Waals surface area contributed by atoms with Crippen LogP contribution in [0, 0.1) is 0 Å². The molecule has 30 heavy (non-hydrogen) atoms. The summed E-state index contributed by atoms with van der Waals surface area (Å²) in [6.07, 6.45) is 2.31. The smallest absolute Gasteiger partial charge is 0.339 e. The lowest BCUT2D eigenvalue weighted by Gasteiger charge is -2.13. The Kier molecular flexibility index (Phi) is 7.43. The zero-order chi connectivity index (χ0) is 21.7. The van der Waals surface area contributed by atoms with E-state index in [9.17, 15) is 4.79 Å². The predicted octanol–water partition coefficient (Wildman–Crippen LogP) is 7.53. The van der Waals surface area contributed by atoms with Gasteiger partial charge in [0.1, 0.15) is 11.5 Å². The number of esters is 1. The van der Waals surface area contributed by atoms with Crippen molar-refractivity contribution >= 4 is 56.9 Å². The van der Waals surface area contributed by atoms with Crippen LogP contribution in [-0.2, 0) is 4.79 Å². The molecule has 0 heterocycles. The number of nitrogen functional groups attached to an aromatic ring is 1. The van der Waals surface area contributed by atoms with Crippen LogP contribution in [0.1, 0.15) is 18.9 Å². The molecule has 2 N–H and O–H groups in total. The Labute approximate surface area is 193 Å². The van der Waals surface area contributed by atoms with E-state index in [4.69, 9.17) is 38.4 Å². The predicted molar refractivity (Wildman–Crippen MR) is 125 cm³/mol.